The summed E-state index contributed by atoms with van der Waals surface area (Å²) in [5.41, 5.74) is 5.10. The number of benzene rings is 2. The van der Waals surface area contributed by atoms with Gasteiger partial charge in [0.05, 0.1) is 5.56 Å². The normalized spacial score (nSPS) is 12.7. The maximum Gasteiger partial charge on any atom is 0.416 e. The van der Waals surface area contributed by atoms with Gasteiger partial charge in [-0.3, -0.25) is 9.59 Å². The zero-order chi connectivity index (χ0) is 19.8. The van der Waals surface area contributed by atoms with Crippen LogP contribution in [0.2, 0.25) is 5.02 Å². The molecule has 0 saturated carbocycles. The van der Waals surface area contributed by atoms with Gasteiger partial charge in [-0.25, -0.2) is 0 Å². The first-order valence-electron chi connectivity index (χ1n) is 7.71. The summed E-state index contributed by atoms with van der Waals surface area (Å²) >= 11 is 5.80. The Morgan fingerprint density at radius 3 is 2.33 bits per heavy atom. The summed E-state index contributed by atoms with van der Waals surface area (Å²) in [6, 6.07) is 9.54. The minimum absolute atomic E-state index is 0.00420. The van der Waals surface area contributed by atoms with Crippen molar-refractivity contribution in [2.75, 3.05) is 0 Å². The molecule has 0 aliphatic rings. The third-order valence-electron chi connectivity index (χ3n) is 3.96. The van der Waals surface area contributed by atoms with E-state index in [1.165, 1.54) is 12.1 Å². The van der Waals surface area contributed by atoms with Gasteiger partial charge in [-0.15, -0.1) is 0 Å². The smallest absolute Gasteiger partial charge is 0.368 e. The Hall–Kier alpha value is -3.00. The number of aromatic nitrogens is 1. The minimum Gasteiger partial charge on any atom is -0.368 e. The number of carbonyl (C=O) groups excluding carboxylic acids is 2. The number of hydrogen-bond acceptors (Lipinski definition) is 2. The summed E-state index contributed by atoms with van der Waals surface area (Å²) in [5.74, 6) is -1.47. The van der Waals surface area contributed by atoms with E-state index in [4.69, 9.17) is 17.3 Å². The zero-order valence-corrected chi connectivity index (χ0v) is 14.4. The Balaban J connectivity index is 1.88. The van der Waals surface area contributed by atoms with Gasteiger partial charge >= 0.3 is 6.18 Å². The fourth-order valence-electron chi connectivity index (χ4n) is 2.61. The molecule has 2 amide bonds. The Morgan fingerprint density at radius 2 is 1.74 bits per heavy atom. The van der Waals surface area contributed by atoms with E-state index < -0.39 is 29.6 Å². The van der Waals surface area contributed by atoms with Crippen molar-refractivity contribution >= 4 is 34.3 Å². The summed E-state index contributed by atoms with van der Waals surface area (Å²) < 4.78 is 38.4. The first-order chi connectivity index (χ1) is 12.6. The number of carbonyl (C=O) groups is 2. The Kier molecular flexibility index (Phi) is 4.84. The van der Waals surface area contributed by atoms with Crippen molar-refractivity contribution in [3.05, 3.63) is 70.4 Å². The number of primary amides is 1. The van der Waals surface area contributed by atoms with Crippen molar-refractivity contribution in [3.63, 3.8) is 0 Å². The summed E-state index contributed by atoms with van der Waals surface area (Å²) in [5, 5.41) is 3.34. The average molecular weight is 396 g/mol. The summed E-state index contributed by atoms with van der Waals surface area (Å²) in [4.78, 5) is 26.8. The first kappa shape index (κ1) is 18.8. The van der Waals surface area contributed by atoms with Crippen LogP contribution in [-0.4, -0.2) is 16.8 Å². The van der Waals surface area contributed by atoms with Crippen molar-refractivity contribution in [3.8, 4) is 0 Å². The van der Waals surface area contributed by atoms with E-state index in [-0.39, 0.29) is 11.2 Å². The first-order valence-corrected chi connectivity index (χ1v) is 8.08. The lowest BCUT2D eigenvalue weighted by molar-refractivity contribution is -0.137. The van der Waals surface area contributed by atoms with E-state index in [2.05, 4.69) is 10.3 Å². The molecule has 3 rings (SSSR count). The van der Waals surface area contributed by atoms with Crippen molar-refractivity contribution in [2.45, 2.75) is 12.2 Å². The average Bonchev–Trinajstić information content (AvgIpc) is 3.03. The number of alkyl halides is 3. The fourth-order valence-corrected chi connectivity index (χ4v) is 2.73. The molecule has 4 N–H and O–H groups in total. The van der Waals surface area contributed by atoms with Crippen LogP contribution in [0.15, 0.2) is 48.5 Å². The van der Waals surface area contributed by atoms with Gasteiger partial charge < -0.3 is 16.0 Å². The number of rotatable bonds is 4. The number of amides is 2. The fraction of sp³-hybridized carbons (Fsp3) is 0.111. The molecule has 1 atom stereocenters. The van der Waals surface area contributed by atoms with E-state index in [1.807, 2.05) is 0 Å². The molecule has 1 aromatic heterocycles. The van der Waals surface area contributed by atoms with Gasteiger partial charge in [-0.05, 0) is 35.9 Å². The van der Waals surface area contributed by atoms with E-state index in [0.717, 1.165) is 12.1 Å². The largest absolute Gasteiger partial charge is 0.416 e. The SMILES string of the molecule is NC(=O)C(NC(=O)c1cc2ccc(C(F)(F)F)cc2[nH]1)c1ccc(Cl)cc1. The highest BCUT2D eigenvalue weighted by atomic mass is 35.5. The molecule has 3 aromatic rings. The van der Waals surface area contributed by atoms with Crippen LogP contribution in [0.25, 0.3) is 10.9 Å². The Bertz CT molecular complexity index is 1010. The molecule has 0 radical (unpaired) electrons. The van der Waals surface area contributed by atoms with Gasteiger partial charge in [-0.2, -0.15) is 13.2 Å². The molecule has 140 valence electrons. The standard InChI is InChI=1S/C18H13ClF3N3O2/c19-12-5-2-9(3-6-12)15(16(23)26)25-17(27)14-7-10-1-4-11(18(20,21)22)8-13(10)24-14/h1-8,15,24H,(H2,23,26)(H,25,27). The number of aromatic amines is 1. The van der Waals surface area contributed by atoms with Crippen LogP contribution in [0.3, 0.4) is 0 Å². The topological polar surface area (TPSA) is 88.0 Å². The van der Waals surface area contributed by atoms with Crippen molar-refractivity contribution in [2.24, 2.45) is 5.73 Å². The quantitative estimate of drug-likeness (QED) is 0.627. The number of hydrogen-bond donors (Lipinski definition) is 3. The van der Waals surface area contributed by atoms with Gasteiger partial charge in [-0.1, -0.05) is 29.8 Å². The molecule has 0 fully saturated rings. The summed E-state index contributed by atoms with van der Waals surface area (Å²) in [6.07, 6.45) is -4.49. The van der Waals surface area contributed by atoms with Crippen LogP contribution < -0.4 is 11.1 Å². The highest BCUT2D eigenvalue weighted by Crippen LogP contribution is 2.31. The Morgan fingerprint density at radius 1 is 1.07 bits per heavy atom. The van der Waals surface area contributed by atoms with Crippen LogP contribution in [0.1, 0.15) is 27.7 Å². The number of fused-ring (bicyclic) bond motifs is 1. The number of nitrogens with two attached hydrogens (primary N) is 1. The third-order valence-corrected chi connectivity index (χ3v) is 4.21. The van der Waals surface area contributed by atoms with Crippen LogP contribution in [0, 0.1) is 0 Å². The molecule has 0 saturated heterocycles. The third kappa shape index (κ3) is 4.06. The molecule has 5 nitrogen and oxygen atoms in total. The molecule has 1 unspecified atom stereocenters. The number of halogens is 4. The molecule has 0 spiro atoms. The van der Waals surface area contributed by atoms with Crippen LogP contribution in [0.5, 0.6) is 0 Å². The van der Waals surface area contributed by atoms with E-state index in [9.17, 15) is 22.8 Å². The molecule has 0 bridgehead atoms. The van der Waals surface area contributed by atoms with Crippen LogP contribution in [0.4, 0.5) is 13.2 Å². The lowest BCUT2D eigenvalue weighted by atomic mass is 10.1. The molecule has 27 heavy (non-hydrogen) atoms. The molecular formula is C18H13ClF3N3O2. The van der Waals surface area contributed by atoms with Crippen LogP contribution >= 0.6 is 11.6 Å². The highest BCUT2D eigenvalue weighted by molar-refractivity contribution is 6.30. The highest BCUT2D eigenvalue weighted by Gasteiger charge is 2.30. The second kappa shape index (κ2) is 6.96. The monoisotopic (exact) mass is 395 g/mol. The predicted molar refractivity (Wildman–Crippen MR) is 94.2 cm³/mol. The molecule has 9 heteroatoms. The molecule has 1 heterocycles. The Labute approximate surface area is 156 Å². The van der Waals surface area contributed by atoms with Gasteiger partial charge in [0.2, 0.25) is 5.91 Å². The second-order valence-corrected chi connectivity index (χ2v) is 6.28. The molecule has 0 aliphatic heterocycles. The number of H-pyrrole nitrogens is 1. The maximum atomic E-state index is 12.8. The maximum absolute atomic E-state index is 12.8. The molecular weight excluding hydrogens is 383 g/mol. The summed E-state index contributed by atoms with van der Waals surface area (Å²) in [6.45, 7) is 0. The van der Waals surface area contributed by atoms with Crippen molar-refractivity contribution in [1.82, 2.24) is 10.3 Å². The van der Waals surface area contributed by atoms with Gasteiger partial charge in [0.15, 0.2) is 0 Å². The number of nitrogens with one attached hydrogen (secondary N) is 2. The van der Waals surface area contributed by atoms with Crippen LogP contribution in [-0.2, 0) is 11.0 Å². The van der Waals surface area contributed by atoms with E-state index in [1.54, 1.807) is 24.3 Å². The van der Waals surface area contributed by atoms with Gasteiger partial charge in [0.1, 0.15) is 11.7 Å². The lowest BCUT2D eigenvalue weighted by Crippen LogP contribution is -2.37. The molecule has 2 aromatic carbocycles. The second-order valence-electron chi connectivity index (χ2n) is 5.84. The van der Waals surface area contributed by atoms with Crippen molar-refractivity contribution < 1.29 is 22.8 Å². The van der Waals surface area contributed by atoms with Gasteiger partial charge in [0.25, 0.3) is 5.91 Å². The zero-order valence-electron chi connectivity index (χ0n) is 13.6. The lowest BCUT2D eigenvalue weighted by Gasteiger charge is -2.15. The molecule has 0 aliphatic carbocycles. The van der Waals surface area contributed by atoms with Crippen molar-refractivity contribution in [1.29, 1.82) is 0 Å². The summed E-state index contributed by atoms with van der Waals surface area (Å²) in [7, 11) is 0. The minimum atomic E-state index is -4.49. The van der Waals surface area contributed by atoms with E-state index >= 15 is 0 Å². The van der Waals surface area contributed by atoms with E-state index in [0.29, 0.717) is 16.0 Å². The van der Waals surface area contributed by atoms with Gasteiger partial charge in [0, 0.05) is 15.9 Å². The predicted octanol–water partition coefficient (Wildman–Crippen LogP) is 3.80.